The van der Waals surface area contributed by atoms with Crippen LogP contribution < -0.4 is 10.6 Å². The molecule has 3 rings (SSSR count). The van der Waals surface area contributed by atoms with Gasteiger partial charge in [-0.1, -0.05) is 0 Å². The van der Waals surface area contributed by atoms with Gasteiger partial charge in [0.05, 0.1) is 35.1 Å². The average Bonchev–Trinajstić information content (AvgIpc) is 3.20. The van der Waals surface area contributed by atoms with E-state index in [0.717, 1.165) is 12.1 Å². The lowest BCUT2D eigenvalue weighted by atomic mass is 10.1. The Labute approximate surface area is 157 Å². The molecule has 0 aliphatic rings. The van der Waals surface area contributed by atoms with Gasteiger partial charge < -0.3 is 10.6 Å². The van der Waals surface area contributed by atoms with Crippen LogP contribution in [-0.4, -0.2) is 27.2 Å². The number of aromatic nitrogens is 3. The molecular formula is C18H13F3N6O. The molecule has 0 saturated carbocycles. The Balaban J connectivity index is 1.77. The van der Waals surface area contributed by atoms with Crippen molar-refractivity contribution in [1.29, 1.82) is 5.26 Å². The van der Waals surface area contributed by atoms with E-state index >= 15 is 0 Å². The van der Waals surface area contributed by atoms with Gasteiger partial charge in [-0.05, 0) is 42.5 Å². The summed E-state index contributed by atoms with van der Waals surface area (Å²) in [6.45, 7) is -0.182. The van der Waals surface area contributed by atoms with E-state index in [1.165, 1.54) is 23.4 Å². The molecule has 0 radical (unpaired) electrons. The number of nitriles is 1. The zero-order valence-corrected chi connectivity index (χ0v) is 14.2. The minimum Gasteiger partial charge on any atom is -0.376 e. The van der Waals surface area contributed by atoms with Crippen LogP contribution in [0.15, 0.2) is 55.1 Å². The van der Waals surface area contributed by atoms with E-state index in [9.17, 15) is 18.0 Å². The molecule has 142 valence electrons. The van der Waals surface area contributed by atoms with Crippen molar-refractivity contribution in [3.63, 3.8) is 0 Å². The summed E-state index contributed by atoms with van der Waals surface area (Å²) in [7, 11) is 0. The van der Waals surface area contributed by atoms with Crippen LogP contribution in [0.4, 0.5) is 24.5 Å². The number of carbonyl (C=O) groups is 1. The number of nitrogens with one attached hydrogen (secondary N) is 2. The Morgan fingerprint density at radius 2 is 1.93 bits per heavy atom. The standard InChI is InChI=1S/C18H13F3N6O/c19-18(20,21)13-3-6-16(27-11-23-10-25-27)15(7-13)26-17(28)9-24-14-4-1-12(8-22)2-5-14/h1-7,10-11,24H,9H2,(H,26,28). The molecule has 0 bridgehead atoms. The summed E-state index contributed by atoms with van der Waals surface area (Å²) >= 11 is 0. The summed E-state index contributed by atoms with van der Waals surface area (Å²) in [6, 6.07) is 11.3. The van der Waals surface area contributed by atoms with Crippen molar-refractivity contribution < 1.29 is 18.0 Å². The molecule has 0 fully saturated rings. The van der Waals surface area contributed by atoms with Crippen LogP contribution in [0.3, 0.4) is 0 Å². The molecule has 7 nitrogen and oxygen atoms in total. The van der Waals surface area contributed by atoms with Crippen LogP contribution in [0.1, 0.15) is 11.1 Å². The third-order valence-corrected chi connectivity index (χ3v) is 3.73. The molecular weight excluding hydrogens is 373 g/mol. The number of rotatable bonds is 5. The highest BCUT2D eigenvalue weighted by atomic mass is 19.4. The monoisotopic (exact) mass is 386 g/mol. The number of benzene rings is 2. The Morgan fingerprint density at radius 3 is 2.54 bits per heavy atom. The first-order valence-corrected chi connectivity index (χ1v) is 7.97. The van der Waals surface area contributed by atoms with E-state index in [4.69, 9.17) is 5.26 Å². The summed E-state index contributed by atoms with van der Waals surface area (Å²) < 4.78 is 40.3. The predicted molar refractivity (Wildman–Crippen MR) is 94.6 cm³/mol. The lowest BCUT2D eigenvalue weighted by molar-refractivity contribution is -0.137. The number of anilines is 2. The van der Waals surface area contributed by atoms with E-state index < -0.39 is 17.6 Å². The van der Waals surface area contributed by atoms with E-state index in [1.807, 2.05) is 6.07 Å². The van der Waals surface area contributed by atoms with Crippen molar-refractivity contribution in [2.75, 3.05) is 17.2 Å². The van der Waals surface area contributed by atoms with Gasteiger partial charge in [-0.15, -0.1) is 0 Å². The average molecular weight is 386 g/mol. The van der Waals surface area contributed by atoms with Crippen LogP contribution >= 0.6 is 0 Å². The molecule has 10 heteroatoms. The number of halogens is 3. The molecule has 2 N–H and O–H groups in total. The maximum atomic E-state index is 13.0. The van der Waals surface area contributed by atoms with E-state index in [-0.39, 0.29) is 17.9 Å². The number of amides is 1. The van der Waals surface area contributed by atoms with Crippen molar-refractivity contribution in [1.82, 2.24) is 14.8 Å². The highest BCUT2D eigenvalue weighted by molar-refractivity contribution is 5.95. The van der Waals surface area contributed by atoms with Gasteiger partial charge in [0.2, 0.25) is 5.91 Å². The predicted octanol–water partition coefficient (Wildman–Crippen LogP) is 3.21. The summed E-state index contributed by atoms with van der Waals surface area (Å²) in [5, 5.41) is 18.0. The fraction of sp³-hybridized carbons (Fsp3) is 0.111. The normalized spacial score (nSPS) is 10.9. The fourth-order valence-corrected chi connectivity index (χ4v) is 2.38. The van der Waals surface area contributed by atoms with Crippen LogP contribution in [0.2, 0.25) is 0 Å². The quantitative estimate of drug-likeness (QED) is 0.702. The second kappa shape index (κ2) is 7.79. The first-order chi connectivity index (χ1) is 13.4. The van der Waals surface area contributed by atoms with Gasteiger partial charge in [0.15, 0.2) is 0 Å². The van der Waals surface area contributed by atoms with E-state index in [1.54, 1.807) is 24.3 Å². The van der Waals surface area contributed by atoms with Crippen LogP contribution in [0.5, 0.6) is 0 Å². The van der Waals surface area contributed by atoms with Gasteiger partial charge in [-0.25, -0.2) is 9.67 Å². The first kappa shape index (κ1) is 18.9. The zero-order valence-electron chi connectivity index (χ0n) is 14.2. The van der Waals surface area contributed by atoms with Gasteiger partial charge in [0, 0.05) is 5.69 Å². The Hall–Kier alpha value is -3.87. The third kappa shape index (κ3) is 4.45. The molecule has 2 aromatic carbocycles. The van der Waals surface area contributed by atoms with Gasteiger partial charge in [0.25, 0.3) is 0 Å². The van der Waals surface area contributed by atoms with Gasteiger partial charge >= 0.3 is 6.18 Å². The molecule has 0 aliphatic carbocycles. The summed E-state index contributed by atoms with van der Waals surface area (Å²) in [5.74, 6) is -0.551. The minimum absolute atomic E-state index is 0.0491. The smallest absolute Gasteiger partial charge is 0.376 e. The second-order valence-corrected chi connectivity index (χ2v) is 5.66. The SMILES string of the molecule is N#Cc1ccc(NCC(=O)Nc2cc(C(F)(F)F)ccc2-n2cncn2)cc1. The maximum Gasteiger partial charge on any atom is 0.416 e. The zero-order chi connectivity index (χ0) is 20.1. The van der Waals surface area contributed by atoms with Gasteiger partial charge in [-0.2, -0.15) is 23.5 Å². The Morgan fingerprint density at radius 1 is 1.18 bits per heavy atom. The Kier molecular flexibility index (Phi) is 5.26. The van der Waals surface area contributed by atoms with Gasteiger partial charge in [-0.3, -0.25) is 4.79 Å². The number of hydrogen-bond acceptors (Lipinski definition) is 5. The highest BCUT2D eigenvalue weighted by Crippen LogP contribution is 2.33. The highest BCUT2D eigenvalue weighted by Gasteiger charge is 2.31. The maximum absolute atomic E-state index is 13.0. The molecule has 0 saturated heterocycles. The van der Waals surface area contributed by atoms with E-state index in [0.29, 0.717) is 11.3 Å². The molecule has 0 unspecified atom stereocenters. The van der Waals surface area contributed by atoms with Crippen LogP contribution in [0.25, 0.3) is 5.69 Å². The molecule has 3 aromatic rings. The lowest BCUT2D eigenvalue weighted by Gasteiger charge is -2.15. The van der Waals surface area contributed by atoms with Crippen LogP contribution in [-0.2, 0) is 11.0 Å². The third-order valence-electron chi connectivity index (χ3n) is 3.73. The fourth-order valence-electron chi connectivity index (χ4n) is 2.38. The first-order valence-electron chi connectivity index (χ1n) is 7.97. The number of alkyl halides is 3. The largest absolute Gasteiger partial charge is 0.416 e. The van der Waals surface area contributed by atoms with Crippen molar-refractivity contribution in [3.05, 3.63) is 66.2 Å². The summed E-state index contributed by atoms with van der Waals surface area (Å²) in [5.41, 5.74) is 0.363. The van der Waals surface area contributed by atoms with Crippen molar-refractivity contribution >= 4 is 17.3 Å². The summed E-state index contributed by atoms with van der Waals surface area (Å²) in [4.78, 5) is 16.0. The Bertz CT molecular complexity index is 1010. The van der Waals surface area contributed by atoms with Crippen molar-refractivity contribution in [2.45, 2.75) is 6.18 Å². The molecule has 1 aromatic heterocycles. The minimum atomic E-state index is -4.55. The summed E-state index contributed by atoms with van der Waals surface area (Å²) in [6.07, 6.45) is -2.01. The molecule has 0 spiro atoms. The molecule has 1 heterocycles. The number of nitrogens with zero attached hydrogens (tertiary/aromatic N) is 4. The van der Waals surface area contributed by atoms with Crippen molar-refractivity contribution in [3.8, 4) is 11.8 Å². The number of hydrogen-bond donors (Lipinski definition) is 2. The van der Waals surface area contributed by atoms with Crippen LogP contribution in [0, 0.1) is 11.3 Å². The molecule has 28 heavy (non-hydrogen) atoms. The van der Waals surface area contributed by atoms with Gasteiger partial charge in [0.1, 0.15) is 12.7 Å². The molecule has 0 atom stereocenters. The lowest BCUT2D eigenvalue weighted by Crippen LogP contribution is -2.23. The number of carbonyl (C=O) groups excluding carboxylic acids is 1. The molecule has 0 aliphatic heterocycles. The van der Waals surface area contributed by atoms with Crippen molar-refractivity contribution in [2.24, 2.45) is 0 Å². The second-order valence-electron chi connectivity index (χ2n) is 5.66. The van der Waals surface area contributed by atoms with E-state index in [2.05, 4.69) is 20.7 Å². The topological polar surface area (TPSA) is 95.6 Å². The molecule has 1 amide bonds.